The molecule has 0 aliphatic carbocycles. The minimum Gasteiger partial charge on any atom is -0.293 e. The molecule has 6 heteroatoms. The number of nitrogens with two attached hydrogens (primary N) is 1. The van der Waals surface area contributed by atoms with E-state index in [0.29, 0.717) is 5.69 Å². The largest absolute Gasteiger partial charge is 0.293 e. The maximum Gasteiger partial charge on any atom is 0.245 e. The van der Waals surface area contributed by atoms with Crippen molar-refractivity contribution in [1.82, 2.24) is 15.6 Å². The number of carbonyl (C=O) groups excluding carboxylic acids is 1. The van der Waals surface area contributed by atoms with Gasteiger partial charge in [0.1, 0.15) is 0 Å². The van der Waals surface area contributed by atoms with E-state index in [4.69, 9.17) is 5.84 Å². The molecule has 0 aromatic carbocycles. The zero-order valence-electron chi connectivity index (χ0n) is 7.39. The van der Waals surface area contributed by atoms with Gasteiger partial charge in [-0.05, 0) is 36.4 Å². The molecule has 0 spiro atoms. The average molecular weight is 294 g/mol. The van der Waals surface area contributed by atoms with Crippen molar-refractivity contribution < 1.29 is 4.79 Å². The predicted molar refractivity (Wildman–Crippen MR) is 56.7 cm³/mol. The Kier molecular flexibility index (Phi) is 2.91. The van der Waals surface area contributed by atoms with E-state index in [2.05, 4.69) is 38.2 Å². The Morgan fingerprint density at radius 2 is 2.38 bits per heavy atom. The smallest absolute Gasteiger partial charge is 0.245 e. The van der Waals surface area contributed by atoms with Crippen LogP contribution in [0.4, 0.5) is 0 Å². The number of H-pyrrole nitrogens is 1. The molecule has 1 amide bonds. The fourth-order valence-corrected chi connectivity index (χ4v) is 1.94. The van der Waals surface area contributed by atoms with Crippen LogP contribution in [0.1, 0.15) is 19.5 Å². The van der Waals surface area contributed by atoms with Crippen LogP contribution >= 0.6 is 22.6 Å². The molecular formula is C7H11IN4O. The molecule has 0 atom stereocenters. The molecule has 0 saturated carbocycles. The molecule has 0 radical (unpaired) electrons. The first-order chi connectivity index (χ1) is 6.00. The van der Waals surface area contributed by atoms with Crippen molar-refractivity contribution in [3.05, 3.63) is 15.5 Å². The van der Waals surface area contributed by atoms with Gasteiger partial charge in [0.05, 0.1) is 14.7 Å². The van der Waals surface area contributed by atoms with Gasteiger partial charge in [-0.2, -0.15) is 5.10 Å². The number of carbonyl (C=O) groups is 1. The van der Waals surface area contributed by atoms with E-state index in [1.54, 1.807) is 20.0 Å². The molecule has 0 aliphatic rings. The predicted octanol–water partition coefficient (Wildman–Crippen LogP) is 0.282. The summed E-state index contributed by atoms with van der Waals surface area (Å²) in [6.45, 7) is 3.54. The highest BCUT2D eigenvalue weighted by atomic mass is 127. The number of halogens is 1. The van der Waals surface area contributed by atoms with Crippen LogP contribution in [0.25, 0.3) is 0 Å². The summed E-state index contributed by atoms with van der Waals surface area (Å²) in [7, 11) is 0. The summed E-state index contributed by atoms with van der Waals surface area (Å²) in [6, 6.07) is 0. The van der Waals surface area contributed by atoms with Gasteiger partial charge in [-0.1, -0.05) is 0 Å². The van der Waals surface area contributed by atoms with E-state index in [1.165, 1.54) is 0 Å². The Hall–Kier alpha value is -0.630. The van der Waals surface area contributed by atoms with Crippen molar-refractivity contribution in [1.29, 1.82) is 0 Å². The highest BCUT2D eigenvalue weighted by Crippen LogP contribution is 2.25. The second kappa shape index (κ2) is 3.62. The summed E-state index contributed by atoms with van der Waals surface area (Å²) < 4.78 is 0.922. The Bertz CT molecular complexity index is 320. The minimum absolute atomic E-state index is 0.252. The van der Waals surface area contributed by atoms with Crippen LogP contribution in [-0.4, -0.2) is 16.1 Å². The third-order valence-corrected chi connectivity index (χ3v) is 2.71. The Morgan fingerprint density at radius 1 is 1.77 bits per heavy atom. The van der Waals surface area contributed by atoms with Crippen molar-refractivity contribution in [3.8, 4) is 0 Å². The van der Waals surface area contributed by atoms with Gasteiger partial charge in [0.2, 0.25) is 5.91 Å². The fraction of sp³-hybridized carbons (Fsp3) is 0.429. The van der Waals surface area contributed by atoms with Crippen molar-refractivity contribution in [2.24, 2.45) is 5.84 Å². The van der Waals surface area contributed by atoms with Crippen LogP contribution in [0.15, 0.2) is 6.20 Å². The standard InChI is InChI=1S/C7H11IN4O/c1-7(2,6(13)11-9)5-4(8)3-10-12-5/h3H,9H2,1-2H3,(H,10,12)(H,11,13). The number of aromatic amines is 1. The van der Waals surface area contributed by atoms with Crippen molar-refractivity contribution >= 4 is 28.5 Å². The molecule has 1 rings (SSSR count). The molecule has 4 N–H and O–H groups in total. The van der Waals surface area contributed by atoms with Crippen molar-refractivity contribution in [2.45, 2.75) is 19.3 Å². The number of hydrogen-bond acceptors (Lipinski definition) is 3. The summed E-state index contributed by atoms with van der Waals surface area (Å²) in [5.74, 6) is 4.82. The van der Waals surface area contributed by atoms with Crippen molar-refractivity contribution in [2.75, 3.05) is 0 Å². The molecule has 0 saturated heterocycles. The first-order valence-electron chi connectivity index (χ1n) is 3.71. The molecule has 0 unspecified atom stereocenters. The highest BCUT2D eigenvalue weighted by molar-refractivity contribution is 14.1. The maximum atomic E-state index is 11.4. The molecule has 1 aromatic rings. The Labute approximate surface area is 89.6 Å². The van der Waals surface area contributed by atoms with E-state index in [1.807, 2.05) is 0 Å². The highest BCUT2D eigenvalue weighted by Gasteiger charge is 2.33. The third-order valence-electron chi connectivity index (χ3n) is 1.88. The monoisotopic (exact) mass is 294 g/mol. The average Bonchev–Trinajstić information content (AvgIpc) is 2.50. The van der Waals surface area contributed by atoms with Gasteiger partial charge < -0.3 is 0 Å². The summed E-state index contributed by atoms with van der Waals surface area (Å²) in [5.41, 5.74) is 2.13. The molecule has 1 heterocycles. The number of hydrogen-bond donors (Lipinski definition) is 3. The summed E-state index contributed by atoms with van der Waals surface area (Å²) >= 11 is 2.12. The lowest BCUT2D eigenvalue weighted by Gasteiger charge is -2.20. The summed E-state index contributed by atoms with van der Waals surface area (Å²) in [5, 5.41) is 6.71. The van der Waals surface area contributed by atoms with Gasteiger partial charge in [-0.3, -0.25) is 15.3 Å². The van der Waals surface area contributed by atoms with Crippen LogP contribution in [0.2, 0.25) is 0 Å². The van der Waals surface area contributed by atoms with Gasteiger partial charge in [0, 0.05) is 6.20 Å². The van der Waals surface area contributed by atoms with E-state index >= 15 is 0 Å². The van der Waals surface area contributed by atoms with E-state index in [9.17, 15) is 4.79 Å². The van der Waals surface area contributed by atoms with Gasteiger partial charge in [-0.15, -0.1) is 0 Å². The topological polar surface area (TPSA) is 83.8 Å². The number of nitrogens with one attached hydrogen (secondary N) is 2. The summed E-state index contributed by atoms with van der Waals surface area (Å²) in [4.78, 5) is 11.4. The molecular weight excluding hydrogens is 283 g/mol. The maximum absolute atomic E-state index is 11.4. The Balaban J connectivity index is 3.07. The first-order valence-corrected chi connectivity index (χ1v) is 4.79. The molecule has 0 bridgehead atoms. The molecule has 13 heavy (non-hydrogen) atoms. The van der Waals surface area contributed by atoms with Crippen LogP contribution in [0.3, 0.4) is 0 Å². The first kappa shape index (κ1) is 10.5. The minimum atomic E-state index is -0.703. The van der Waals surface area contributed by atoms with Crippen LogP contribution < -0.4 is 11.3 Å². The second-order valence-electron chi connectivity index (χ2n) is 3.18. The van der Waals surface area contributed by atoms with Gasteiger partial charge in [-0.25, -0.2) is 5.84 Å². The van der Waals surface area contributed by atoms with Gasteiger partial charge in [0.25, 0.3) is 0 Å². The van der Waals surface area contributed by atoms with E-state index in [-0.39, 0.29) is 5.91 Å². The number of amides is 1. The quantitative estimate of drug-likeness (QED) is 0.317. The van der Waals surface area contributed by atoms with E-state index in [0.717, 1.165) is 3.57 Å². The third kappa shape index (κ3) is 1.83. The zero-order chi connectivity index (χ0) is 10.1. The lowest BCUT2D eigenvalue weighted by atomic mass is 9.89. The SMILES string of the molecule is CC(C)(C(=O)NN)c1n[nH]cc1I. The van der Waals surface area contributed by atoms with E-state index < -0.39 is 5.41 Å². The summed E-state index contributed by atoms with van der Waals surface area (Å²) in [6.07, 6.45) is 1.74. The number of aromatic nitrogens is 2. The fourth-order valence-electron chi connectivity index (χ4n) is 1.00. The van der Waals surface area contributed by atoms with Gasteiger partial charge >= 0.3 is 0 Å². The lowest BCUT2D eigenvalue weighted by molar-refractivity contribution is -0.125. The number of nitrogens with zero attached hydrogens (tertiary/aromatic N) is 1. The van der Waals surface area contributed by atoms with Crippen LogP contribution in [0, 0.1) is 3.57 Å². The lowest BCUT2D eigenvalue weighted by Crippen LogP contribution is -2.44. The molecule has 5 nitrogen and oxygen atoms in total. The zero-order valence-corrected chi connectivity index (χ0v) is 9.55. The molecule has 0 aliphatic heterocycles. The van der Waals surface area contributed by atoms with Crippen molar-refractivity contribution in [3.63, 3.8) is 0 Å². The van der Waals surface area contributed by atoms with Crippen LogP contribution in [-0.2, 0) is 10.2 Å². The normalized spacial score (nSPS) is 11.4. The molecule has 1 aromatic heterocycles. The molecule has 72 valence electrons. The Morgan fingerprint density at radius 3 is 2.77 bits per heavy atom. The molecule has 0 fully saturated rings. The number of rotatable bonds is 2. The number of hydrazine groups is 1. The van der Waals surface area contributed by atoms with Crippen LogP contribution in [0.5, 0.6) is 0 Å². The van der Waals surface area contributed by atoms with Gasteiger partial charge in [0.15, 0.2) is 0 Å². The second-order valence-corrected chi connectivity index (χ2v) is 4.34.